The molecule has 0 aromatic carbocycles. The average Bonchev–Trinajstić information content (AvgIpc) is 3.09. The van der Waals surface area contributed by atoms with Crippen molar-refractivity contribution in [2.45, 2.75) is 6.54 Å². The number of nitrogens with zero attached hydrogens (tertiary/aromatic N) is 2. The van der Waals surface area contributed by atoms with Gasteiger partial charge in [0.1, 0.15) is 5.69 Å². The first kappa shape index (κ1) is 13.9. The van der Waals surface area contributed by atoms with Crippen LogP contribution in [0.2, 0.25) is 0 Å². The molecule has 0 radical (unpaired) electrons. The lowest BCUT2D eigenvalue weighted by molar-refractivity contribution is 0.102. The molecule has 3 aromatic heterocycles. The van der Waals surface area contributed by atoms with Crippen LogP contribution < -0.4 is 0 Å². The third kappa shape index (κ3) is 2.46. The lowest BCUT2D eigenvalue weighted by atomic mass is 10.2. The van der Waals surface area contributed by atoms with Crippen molar-refractivity contribution in [1.82, 2.24) is 9.78 Å². The zero-order chi connectivity index (χ0) is 14.1. The van der Waals surface area contributed by atoms with E-state index in [4.69, 9.17) is 4.74 Å². The molecule has 7 heteroatoms. The zero-order valence-corrected chi connectivity index (χ0v) is 13.8. The smallest absolute Gasteiger partial charge is 0.222 e. The highest BCUT2D eigenvalue weighted by atomic mass is 79.9. The molecule has 0 saturated carbocycles. The summed E-state index contributed by atoms with van der Waals surface area (Å²) < 4.78 is 9.75. The molecule has 0 N–H and O–H groups in total. The number of fused-ring (bicyclic) bond motifs is 1. The summed E-state index contributed by atoms with van der Waals surface area (Å²) in [7, 11) is 1.63. The van der Waals surface area contributed by atoms with Crippen LogP contribution in [0.4, 0.5) is 0 Å². The molecule has 0 unspecified atom stereocenters. The number of carbonyl (C=O) groups excluding carboxylic acids is 1. The Morgan fingerprint density at radius 3 is 3.10 bits per heavy atom. The molecule has 0 atom stereocenters. The molecule has 0 amide bonds. The lowest BCUT2D eigenvalue weighted by Crippen LogP contribution is -2.14. The maximum absolute atomic E-state index is 12.7. The molecule has 0 aliphatic heterocycles. The fraction of sp³-hybridized carbons (Fsp3) is 0.231. The van der Waals surface area contributed by atoms with E-state index in [-0.39, 0.29) is 5.78 Å². The molecule has 104 valence electrons. The molecule has 0 bridgehead atoms. The maximum Gasteiger partial charge on any atom is 0.222 e. The third-order valence-electron chi connectivity index (χ3n) is 2.88. The zero-order valence-electron chi connectivity index (χ0n) is 10.6. The SMILES string of the molecule is COCCn1ncc(Br)c1C(=O)c1cc2sccc2s1. The van der Waals surface area contributed by atoms with Gasteiger partial charge in [0.25, 0.3) is 0 Å². The Hall–Kier alpha value is -1.02. The van der Waals surface area contributed by atoms with Crippen LogP contribution in [0.1, 0.15) is 15.4 Å². The number of aromatic nitrogens is 2. The van der Waals surface area contributed by atoms with Crippen LogP contribution in [-0.2, 0) is 11.3 Å². The summed E-state index contributed by atoms with van der Waals surface area (Å²) >= 11 is 6.57. The van der Waals surface area contributed by atoms with Gasteiger partial charge in [-0.2, -0.15) is 5.10 Å². The first-order valence-corrected chi connectivity index (χ1v) is 8.41. The van der Waals surface area contributed by atoms with Gasteiger partial charge in [0.05, 0.1) is 28.7 Å². The predicted octanol–water partition coefficient (Wildman–Crippen LogP) is 3.80. The van der Waals surface area contributed by atoms with Gasteiger partial charge in [-0.15, -0.1) is 22.7 Å². The number of ketones is 1. The number of hydrogen-bond donors (Lipinski definition) is 0. The Morgan fingerprint density at radius 1 is 1.50 bits per heavy atom. The van der Waals surface area contributed by atoms with Crippen LogP contribution in [-0.4, -0.2) is 29.3 Å². The molecule has 20 heavy (non-hydrogen) atoms. The van der Waals surface area contributed by atoms with Gasteiger partial charge in [0, 0.05) is 16.5 Å². The molecule has 0 aliphatic carbocycles. The van der Waals surface area contributed by atoms with Gasteiger partial charge < -0.3 is 4.74 Å². The van der Waals surface area contributed by atoms with E-state index >= 15 is 0 Å². The fourth-order valence-corrected chi connectivity index (χ4v) is 4.46. The molecular formula is C13H11BrN2O2S2. The Bertz CT molecular complexity index is 731. The van der Waals surface area contributed by atoms with Crippen LogP contribution in [0.25, 0.3) is 9.40 Å². The summed E-state index contributed by atoms with van der Waals surface area (Å²) in [5.41, 5.74) is 0.580. The van der Waals surface area contributed by atoms with Crippen molar-refractivity contribution in [3.05, 3.63) is 38.8 Å². The van der Waals surface area contributed by atoms with Gasteiger partial charge in [-0.1, -0.05) is 0 Å². The first-order valence-electron chi connectivity index (χ1n) is 5.92. The van der Waals surface area contributed by atoms with E-state index in [1.807, 2.05) is 17.5 Å². The van der Waals surface area contributed by atoms with Crippen LogP contribution in [0.3, 0.4) is 0 Å². The minimum absolute atomic E-state index is 0.00104. The van der Waals surface area contributed by atoms with Crippen LogP contribution in [0, 0.1) is 0 Å². The summed E-state index contributed by atoms with van der Waals surface area (Å²) in [4.78, 5) is 13.4. The standard InChI is InChI=1S/C13H11BrN2O2S2/c1-18-4-3-16-12(8(14)7-15-16)13(17)11-6-10-9(20-11)2-5-19-10/h2,5-7H,3-4H2,1H3. The van der Waals surface area contributed by atoms with Gasteiger partial charge in [-0.25, -0.2) is 0 Å². The number of halogens is 1. The Balaban J connectivity index is 1.97. The molecule has 3 aromatic rings. The summed E-state index contributed by atoms with van der Waals surface area (Å²) in [6.07, 6.45) is 1.65. The van der Waals surface area contributed by atoms with E-state index in [1.165, 1.54) is 11.3 Å². The molecule has 0 spiro atoms. The maximum atomic E-state index is 12.7. The van der Waals surface area contributed by atoms with E-state index in [1.54, 1.807) is 29.3 Å². The number of ether oxygens (including phenoxy) is 1. The number of rotatable bonds is 5. The van der Waals surface area contributed by atoms with Gasteiger partial charge >= 0.3 is 0 Å². The number of thiophene rings is 2. The van der Waals surface area contributed by atoms with Gasteiger partial charge in [-0.05, 0) is 33.4 Å². The highest BCUT2D eigenvalue weighted by Gasteiger charge is 2.21. The highest BCUT2D eigenvalue weighted by Crippen LogP contribution is 2.32. The second-order valence-electron chi connectivity index (χ2n) is 4.15. The second-order valence-corrected chi connectivity index (χ2v) is 7.03. The average molecular weight is 371 g/mol. The second kappa shape index (κ2) is 5.77. The fourth-order valence-electron chi connectivity index (χ4n) is 1.93. The monoisotopic (exact) mass is 370 g/mol. The van der Waals surface area contributed by atoms with Crippen molar-refractivity contribution >= 4 is 53.8 Å². The van der Waals surface area contributed by atoms with Crippen LogP contribution >= 0.6 is 38.6 Å². The van der Waals surface area contributed by atoms with Crippen molar-refractivity contribution in [2.75, 3.05) is 13.7 Å². The molecule has 3 rings (SSSR count). The van der Waals surface area contributed by atoms with E-state index in [0.717, 1.165) is 18.7 Å². The highest BCUT2D eigenvalue weighted by molar-refractivity contribution is 9.10. The van der Waals surface area contributed by atoms with Crippen molar-refractivity contribution in [3.63, 3.8) is 0 Å². The Labute approximate surface area is 132 Å². The summed E-state index contributed by atoms with van der Waals surface area (Å²) in [5.74, 6) is -0.00104. The Kier molecular flexibility index (Phi) is 4.02. The summed E-state index contributed by atoms with van der Waals surface area (Å²) in [6.45, 7) is 1.08. The molecule has 4 nitrogen and oxygen atoms in total. The van der Waals surface area contributed by atoms with Crippen molar-refractivity contribution < 1.29 is 9.53 Å². The third-order valence-corrected chi connectivity index (χ3v) is 5.55. The van der Waals surface area contributed by atoms with Gasteiger partial charge in [-0.3, -0.25) is 9.48 Å². The summed E-state index contributed by atoms with van der Waals surface area (Å²) in [6, 6.07) is 3.99. The number of carbonyl (C=O) groups is 1. The van der Waals surface area contributed by atoms with E-state index in [9.17, 15) is 4.79 Å². The Morgan fingerprint density at radius 2 is 2.35 bits per heavy atom. The molecule has 3 heterocycles. The van der Waals surface area contributed by atoms with Crippen LogP contribution in [0.5, 0.6) is 0 Å². The van der Waals surface area contributed by atoms with Crippen molar-refractivity contribution in [2.24, 2.45) is 0 Å². The quantitative estimate of drug-likeness (QED) is 0.641. The minimum Gasteiger partial charge on any atom is -0.383 e. The lowest BCUT2D eigenvalue weighted by Gasteiger charge is -2.05. The van der Waals surface area contributed by atoms with E-state index < -0.39 is 0 Å². The van der Waals surface area contributed by atoms with E-state index in [0.29, 0.717) is 18.8 Å². The van der Waals surface area contributed by atoms with E-state index in [2.05, 4.69) is 21.0 Å². The minimum atomic E-state index is -0.00104. The number of methoxy groups -OCH3 is 1. The molecule has 0 fully saturated rings. The van der Waals surface area contributed by atoms with Crippen molar-refractivity contribution in [1.29, 1.82) is 0 Å². The van der Waals surface area contributed by atoms with Gasteiger partial charge in [0.2, 0.25) is 5.78 Å². The first-order chi connectivity index (χ1) is 9.70. The van der Waals surface area contributed by atoms with Crippen molar-refractivity contribution in [3.8, 4) is 0 Å². The summed E-state index contributed by atoms with van der Waals surface area (Å²) in [5, 5.41) is 6.25. The largest absolute Gasteiger partial charge is 0.383 e. The predicted molar refractivity (Wildman–Crippen MR) is 84.9 cm³/mol. The van der Waals surface area contributed by atoms with Gasteiger partial charge in [0.15, 0.2) is 0 Å². The topological polar surface area (TPSA) is 44.1 Å². The molecule has 0 aliphatic rings. The number of hydrogen-bond acceptors (Lipinski definition) is 5. The normalized spacial score (nSPS) is 11.3. The molecular weight excluding hydrogens is 360 g/mol. The molecule has 0 saturated heterocycles. The van der Waals surface area contributed by atoms with Crippen LogP contribution in [0.15, 0.2) is 28.2 Å².